The first kappa shape index (κ1) is 22.2. The Hall–Kier alpha value is -2.52. The van der Waals surface area contributed by atoms with Crippen molar-refractivity contribution in [1.82, 2.24) is 14.8 Å². The fourth-order valence-electron chi connectivity index (χ4n) is 3.57. The van der Waals surface area contributed by atoms with Crippen molar-refractivity contribution in [3.63, 3.8) is 0 Å². The van der Waals surface area contributed by atoms with E-state index in [1.165, 1.54) is 11.1 Å². The van der Waals surface area contributed by atoms with Crippen molar-refractivity contribution in [2.75, 3.05) is 44.6 Å². The topological polar surface area (TPSA) is 88.7 Å². The number of H-pyrrole nitrogens is 1. The first-order valence-corrected chi connectivity index (χ1v) is 10.1. The lowest BCUT2D eigenvalue weighted by atomic mass is 9.89. The van der Waals surface area contributed by atoms with Crippen LogP contribution in [0.4, 0.5) is 14.5 Å². The lowest BCUT2D eigenvalue weighted by molar-refractivity contribution is -0.144. The maximum atomic E-state index is 13.5. The zero-order chi connectivity index (χ0) is 21.9. The largest absolute Gasteiger partial charge is 0.396 e. The minimum atomic E-state index is -1.03. The molecule has 7 nitrogen and oxygen atoms in total. The molecular weight excluding hydrogens is 394 g/mol. The quantitative estimate of drug-likeness (QED) is 0.624. The highest BCUT2D eigenvalue weighted by Crippen LogP contribution is 2.25. The zero-order valence-electron chi connectivity index (χ0n) is 17.3. The number of hydrogen-bond acceptors (Lipinski definition) is 4. The molecule has 1 fully saturated rings. The number of carbonyl (C=O) groups is 2. The van der Waals surface area contributed by atoms with Gasteiger partial charge in [-0.3, -0.25) is 14.5 Å². The minimum absolute atomic E-state index is 0.0903. The first-order chi connectivity index (χ1) is 14.2. The summed E-state index contributed by atoms with van der Waals surface area (Å²) in [5.41, 5.74) is 0.467. The summed E-state index contributed by atoms with van der Waals surface area (Å²) in [7, 11) is 0. The number of halogens is 2. The van der Waals surface area contributed by atoms with Crippen molar-refractivity contribution in [3.05, 3.63) is 30.0 Å². The molecule has 1 aliphatic rings. The molecule has 0 aliphatic carbocycles. The molecule has 0 spiro atoms. The second-order valence-electron chi connectivity index (χ2n) is 8.53. The molecule has 0 unspecified atom stereocenters. The Labute approximate surface area is 174 Å². The number of aliphatic hydroxyl groups is 1. The monoisotopic (exact) mass is 422 g/mol. The minimum Gasteiger partial charge on any atom is -0.396 e. The van der Waals surface area contributed by atoms with Crippen molar-refractivity contribution < 1.29 is 23.5 Å². The third-order valence-corrected chi connectivity index (χ3v) is 5.58. The van der Waals surface area contributed by atoms with E-state index in [0.29, 0.717) is 37.1 Å². The molecule has 0 saturated carbocycles. The van der Waals surface area contributed by atoms with Gasteiger partial charge in [-0.05, 0) is 30.9 Å². The van der Waals surface area contributed by atoms with E-state index < -0.39 is 23.4 Å². The highest BCUT2D eigenvalue weighted by Gasteiger charge is 2.27. The van der Waals surface area contributed by atoms with Crippen molar-refractivity contribution in [2.45, 2.75) is 26.7 Å². The lowest BCUT2D eigenvalue weighted by Gasteiger charge is -2.34. The van der Waals surface area contributed by atoms with Gasteiger partial charge < -0.3 is 20.3 Å². The molecule has 3 rings (SSSR count). The van der Waals surface area contributed by atoms with Crippen molar-refractivity contribution in [2.24, 2.45) is 5.41 Å². The molecule has 3 N–H and O–H groups in total. The van der Waals surface area contributed by atoms with Crippen LogP contribution in [-0.4, -0.2) is 71.0 Å². The van der Waals surface area contributed by atoms with Gasteiger partial charge in [0.25, 0.3) is 0 Å². The number of carbonyl (C=O) groups excluding carboxylic acids is 2. The number of aromatic amines is 1. The second-order valence-corrected chi connectivity index (χ2v) is 8.53. The smallest absolute Gasteiger partial charge is 0.313 e. The SMILES string of the molecule is CC(C)(CO)CCCN1CCN(C(=O)C(=O)Nc2c[nH]c3cc(F)c(F)cc23)CC1. The number of hydrogen-bond donors (Lipinski definition) is 3. The van der Waals surface area contributed by atoms with Gasteiger partial charge in [-0.15, -0.1) is 0 Å². The van der Waals surface area contributed by atoms with Crippen molar-refractivity contribution in [1.29, 1.82) is 0 Å². The summed E-state index contributed by atoms with van der Waals surface area (Å²) in [6.07, 6.45) is 3.28. The Morgan fingerprint density at radius 2 is 1.83 bits per heavy atom. The van der Waals surface area contributed by atoms with Crippen LogP contribution in [0, 0.1) is 17.0 Å². The maximum absolute atomic E-state index is 13.5. The van der Waals surface area contributed by atoms with E-state index in [1.54, 1.807) is 0 Å². The highest BCUT2D eigenvalue weighted by atomic mass is 19.2. The molecule has 0 atom stereocenters. The number of rotatable bonds is 6. The summed E-state index contributed by atoms with van der Waals surface area (Å²) in [5.74, 6) is -3.47. The normalized spacial score (nSPS) is 15.6. The number of piperazine rings is 1. The summed E-state index contributed by atoms with van der Waals surface area (Å²) in [6, 6.07) is 1.99. The van der Waals surface area contributed by atoms with Crippen LogP contribution < -0.4 is 5.32 Å². The molecule has 2 heterocycles. The van der Waals surface area contributed by atoms with Gasteiger partial charge in [-0.25, -0.2) is 8.78 Å². The molecule has 9 heteroatoms. The number of amides is 2. The molecule has 0 radical (unpaired) electrons. The van der Waals surface area contributed by atoms with Crippen molar-refractivity contribution >= 4 is 28.4 Å². The van der Waals surface area contributed by atoms with Crippen LogP contribution in [-0.2, 0) is 9.59 Å². The molecule has 1 saturated heterocycles. The van der Waals surface area contributed by atoms with Gasteiger partial charge in [0.05, 0.1) is 11.2 Å². The molecule has 0 bridgehead atoms. The Morgan fingerprint density at radius 3 is 2.50 bits per heavy atom. The van der Waals surface area contributed by atoms with Crippen LogP contribution in [0.2, 0.25) is 0 Å². The van der Waals surface area contributed by atoms with E-state index in [-0.39, 0.29) is 17.7 Å². The van der Waals surface area contributed by atoms with E-state index in [4.69, 9.17) is 0 Å². The number of anilines is 1. The molecule has 1 aromatic heterocycles. The fraction of sp³-hybridized carbons (Fsp3) is 0.524. The maximum Gasteiger partial charge on any atom is 0.313 e. The van der Waals surface area contributed by atoms with Gasteiger partial charge >= 0.3 is 11.8 Å². The highest BCUT2D eigenvalue weighted by molar-refractivity contribution is 6.40. The lowest BCUT2D eigenvalue weighted by Crippen LogP contribution is -2.51. The molecule has 1 aliphatic heterocycles. The summed E-state index contributed by atoms with van der Waals surface area (Å²) in [4.78, 5) is 31.4. The van der Waals surface area contributed by atoms with Crippen molar-refractivity contribution in [3.8, 4) is 0 Å². The van der Waals surface area contributed by atoms with Crippen LogP contribution in [0.3, 0.4) is 0 Å². The average Bonchev–Trinajstić information content (AvgIpc) is 3.09. The number of aliphatic hydroxyl groups excluding tert-OH is 1. The van der Waals surface area contributed by atoms with Gasteiger partial charge in [0, 0.05) is 50.4 Å². The Balaban J connectivity index is 1.51. The second kappa shape index (κ2) is 9.09. The van der Waals surface area contributed by atoms with E-state index in [1.807, 2.05) is 13.8 Å². The summed E-state index contributed by atoms with van der Waals surface area (Å²) in [6.45, 7) is 7.35. The van der Waals surface area contributed by atoms with E-state index in [2.05, 4.69) is 15.2 Å². The van der Waals surface area contributed by atoms with Gasteiger partial charge in [-0.1, -0.05) is 13.8 Å². The third-order valence-electron chi connectivity index (χ3n) is 5.58. The number of benzene rings is 1. The van der Waals surface area contributed by atoms with E-state index in [9.17, 15) is 23.5 Å². The number of nitrogens with zero attached hydrogens (tertiary/aromatic N) is 2. The van der Waals surface area contributed by atoms with Crippen LogP contribution in [0.5, 0.6) is 0 Å². The third kappa shape index (κ3) is 5.14. The summed E-state index contributed by atoms with van der Waals surface area (Å²) >= 11 is 0. The molecule has 30 heavy (non-hydrogen) atoms. The number of fused-ring (bicyclic) bond motifs is 1. The Morgan fingerprint density at radius 1 is 1.17 bits per heavy atom. The predicted octanol–water partition coefficient (Wildman–Crippen LogP) is 2.33. The average molecular weight is 422 g/mol. The van der Waals surface area contributed by atoms with Crippen LogP contribution >= 0.6 is 0 Å². The Kier molecular flexibility index (Phi) is 6.72. The van der Waals surface area contributed by atoms with Crippen LogP contribution in [0.1, 0.15) is 26.7 Å². The fourth-order valence-corrected chi connectivity index (χ4v) is 3.57. The predicted molar refractivity (Wildman–Crippen MR) is 110 cm³/mol. The summed E-state index contributed by atoms with van der Waals surface area (Å²) < 4.78 is 26.8. The Bertz CT molecular complexity index is 920. The van der Waals surface area contributed by atoms with E-state index >= 15 is 0 Å². The molecule has 1 aromatic carbocycles. The standard InChI is InChI=1S/C21H28F2N4O3/c1-21(2,13-28)4-3-5-26-6-8-27(9-7-26)20(30)19(29)25-18-12-24-17-11-16(23)15(22)10-14(17)18/h10-12,24,28H,3-9,13H2,1-2H3,(H,25,29). The van der Waals surface area contributed by atoms with Crippen LogP contribution in [0.15, 0.2) is 18.3 Å². The van der Waals surface area contributed by atoms with Gasteiger partial charge in [0.15, 0.2) is 11.6 Å². The number of aromatic nitrogens is 1. The van der Waals surface area contributed by atoms with Gasteiger partial charge in [0.1, 0.15) is 0 Å². The first-order valence-electron chi connectivity index (χ1n) is 10.1. The van der Waals surface area contributed by atoms with Crippen LogP contribution in [0.25, 0.3) is 10.9 Å². The summed E-state index contributed by atoms with van der Waals surface area (Å²) in [5, 5.41) is 12.1. The van der Waals surface area contributed by atoms with Gasteiger partial charge in [-0.2, -0.15) is 0 Å². The molecule has 164 valence electrons. The van der Waals surface area contributed by atoms with E-state index in [0.717, 1.165) is 31.5 Å². The molecule has 2 amide bonds. The molecule has 2 aromatic rings. The zero-order valence-corrected chi connectivity index (χ0v) is 17.3. The van der Waals surface area contributed by atoms with Gasteiger partial charge in [0.2, 0.25) is 0 Å². The number of nitrogens with one attached hydrogen (secondary N) is 2. The molecular formula is C21H28F2N4O3.